The van der Waals surface area contributed by atoms with Crippen molar-refractivity contribution >= 4 is 0 Å². The molecule has 3 nitrogen and oxygen atoms in total. The van der Waals surface area contributed by atoms with Crippen molar-refractivity contribution in [1.82, 2.24) is 10.2 Å². The molecule has 0 aromatic heterocycles. The Morgan fingerprint density at radius 3 is 2.86 bits per heavy atom. The van der Waals surface area contributed by atoms with E-state index in [9.17, 15) is 5.11 Å². The van der Waals surface area contributed by atoms with Crippen LogP contribution < -0.4 is 5.32 Å². The molecule has 2 saturated heterocycles. The van der Waals surface area contributed by atoms with Crippen molar-refractivity contribution in [3.8, 4) is 0 Å². The van der Waals surface area contributed by atoms with Crippen molar-refractivity contribution < 1.29 is 5.11 Å². The van der Waals surface area contributed by atoms with E-state index < -0.39 is 0 Å². The first kappa shape index (κ1) is 10.4. The Morgan fingerprint density at radius 1 is 1.36 bits per heavy atom. The lowest BCUT2D eigenvalue weighted by molar-refractivity contribution is -0.118. The van der Waals surface area contributed by atoms with Crippen LogP contribution in [0.15, 0.2) is 0 Å². The van der Waals surface area contributed by atoms with Gasteiger partial charge in [-0.15, -0.1) is 0 Å². The molecule has 0 aliphatic carbocycles. The summed E-state index contributed by atoms with van der Waals surface area (Å²) in [5.41, 5.74) is -0.361. The van der Waals surface area contributed by atoms with Gasteiger partial charge in [-0.3, -0.25) is 4.90 Å². The van der Waals surface area contributed by atoms with Crippen molar-refractivity contribution in [3.63, 3.8) is 0 Å². The fourth-order valence-corrected chi connectivity index (χ4v) is 2.56. The van der Waals surface area contributed by atoms with Gasteiger partial charge in [-0.25, -0.2) is 0 Å². The van der Waals surface area contributed by atoms with E-state index in [1.165, 1.54) is 25.8 Å². The highest BCUT2D eigenvalue weighted by Gasteiger charge is 2.42. The maximum Gasteiger partial charge on any atom is 0.0897 e. The van der Waals surface area contributed by atoms with Gasteiger partial charge in [0.05, 0.1) is 5.60 Å². The summed E-state index contributed by atoms with van der Waals surface area (Å²) in [5, 5.41) is 13.4. The minimum atomic E-state index is -0.361. The Bertz CT molecular complexity index is 182. The minimum Gasteiger partial charge on any atom is -0.387 e. The summed E-state index contributed by atoms with van der Waals surface area (Å²) in [4.78, 5) is 2.45. The number of β-amino-alcohol motifs (C(OH)–C–C–N with tert-alkyl or cyclic N) is 1. The molecule has 0 amide bonds. The van der Waals surface area contributed by atoms with Gasteiger partial charge in [-0.05, 0) is 38.8 Å². The second-order valence-corrected chi connectivity index (χ2v) is 4.82. The Labute approximate surface area is 86.5 Å². The van der Waals surface area contributed by atoms with Gasteiger partial charge in [0, 0.05) is 19.1 Å². The summed E-state index contributed by atoms with van der Waals surface area (Å²) in [7, 11) is 0. The number of hydrogen-bond acceptors (Lipinski definition) is 3. The second-order valence-electron chi connectivity index (χ2n) is 4.82. The molecule has 1 atom stereocenters. The van der Waals surface area contributed by atoms with Crippen LogP contribution in [-0.4, -0.2) is 47.8 Å². The summed E-state index contributed by atoms with van der Waals surface area (Å²) in [6, 6.07) is 0.719. The Morgan fingerprint density at radius 2 is 2.14 bits per heavy atom. The van der Waals surface area contributed by atoms with Gasteiger partial charge in [0.1, 0.15) is 0 Å². The summed E-state index contributed by atoms with van der Waals surface area (Å²) in [6.07, 6.45) is 4.73. The fourth-order valence-electron chi connectivity index (χ4n) is 2.56. The topological polar surface area (TPSA) is 35.5 Å². The molecule has 82 valence electrons. The number of nitrogens with zero attached hydrogens (tertiary/aromatic N) is 1. The van der Waals surface area contributed by atoms with Crippen molar-refractivity contribution in [2.75, 3.05) is 26.2 Å². The SMILES string of the molecule is CCC1(O)CN(C2CCCNCC2)C1. The fraction of sp³-hybridized carbons (Fsp3) is 1.00. The minimum absolute atomic E-state index is 0.361. The maximum atomic E-state index is 9.93. The molecule has 0 spiro atoms. The summed E-state index contributed by atoms with van der Waals surface area (Å²) < 4.78 is 0. The highest BCUT2D eigenvalue weighted by atomic mass is 16.3. The van der Waals surface area contributed by atoms with E-state index in [0.717, 1.165) is 32.1 Å². The average Bonchev–Trinajstić information content (AvgIpc) is 2.41. The zero-order valence-electron chi connectivity index (χ0n) is 9.13. The Kier molecular flexibility index (Phi) is 3.10. The zero-order chi connectivity index (χ0) is 10.0. The molecule has 2 heterocycles. The van der Waals surface area contributed by atoms with E-state index in [1.54, 1.807) is 0 Å². The van der Waals surface area contributed by atoms with Crippen LogP contribution in [0.2, 0.25) is 0 Å². The van der Waals surface area contributed by atoms with Gasteiger partial charge in [0.15, 0.2) is 0 Å². The van der Waals surface area contributed by atoms with Crippen LogP contribution in [0.4, 0.5) is 0 Å². The molecule has 0 aromatic carbocycles. The Balaban J connectivity index is 1.80. The van der Waals surface area contributed by atoms with E-state index in [1.807, 2.05) is 0 Å². The van der Waals surface area contributed by atoms with Gasteiger partial charge < -0.3 is 10.4 Å². The molecular formula is C11H22N2O. The lowest BCUT2D eigenvalue weighted by Crippen LogP contribution is -2.64. The van der Waals surface area contributed by atoms with Crippen LogP contribution in [-0.2, 0) is 0 Å². The third-order valence-corrected chi connectivity index (χ3v) is 3.71. The number of nitrogens with one attached hydrogen (secondary N) is 1. The van der Waals surface area contributed by atoms with E-state index in [2.05, 4.69) is 17.1 Å². The van der Waals surface area contributed by atoms with Crippen LogP contribution >= 0.6 is 0 Å². The van der Waals surface area contributed by atoms with Crippen molar-refractivity contribution in [2.24, 2.45) is 0 Å². The summed E-state index contributed by atoms with van der Waals surface area (Å²) >= 11 is 0. The third kappa shape index (κ3) is 2.10. The lowest BCUT2D eigenvalue weighted by Gasteiger charge is -2.50. The lowest BCUT2D eigenvalue weighted by atomic mass is 9.88. The van der Waals surface area contributed by atoms with Gasteiger partial charge in [-0.2, -0.15) is 0 Å². The molecule has 3 heteroatoms. The highest BCUT2D eigenvalue weighted by Crippen LogP contribution is 2.29. The average molecular weight is 198 g/mol. The molecule has 0 bridgehead atoms. The van der Waals surface area contributed by atoms with Crippen LogP contribution in [0.3, 0.4) is 0 Å². The molecule has 0 aromatic rings. The highest BCUT2D eigenvalue weighted by molar-refractivity contribution is 4.97. The zero-order valence-corrected chi connectivity index (χ0v) is 9.13. The summed E-state index contributed by atoms with van der Waals surface area (Å²) in [6.45, 7) is 6.18. The molecule has 2 rings (SSSR count). The van der Waals surface area contributed by atoms with Crippen molar-refractivity contribution in [3.05, 3.63) is 0 Å². The maximum absolute atomic E-state index is 9.93. The van der Waals surface area contributed by atoms with Crippen LogP contribution in [0.25, 0.3) is 0 Å². The van der Waals surface area contributed by atoms with E-state index in [0.29, 0.717) is 0 Å². The molecule has 2 N–H and O–H groups in total. The van der Waals surface area contributed by atoms with Crippen molar-refractivity contribution in [2.45, 2.75) is 44.2 Å². The molecular weight excluding hydrogens is 176 g/mol. The van der Waals surface area contributed by atoms with Crippen LogP contribution in [0, 0.1) is 0 Å². The number of likely N-dealkylation sites (tertiary alicyclic amines) is 1. The smallest absolute Gasteiger partial charge is 0.0897 e. The quantitative estimate of drug-likeness (QED) is 0.681. The Hall–Kier alpha value is -0.120. The normalized spacial score (nSPS) is 33.4. The van der Waals surface area contributed by atoms with E-state index >= 15 is 0 Å². The molecule has 1 unspecified atom stereocenters. The molecule has 0 saturated carbocycles. The monoisotopic (exact) mass is 198 g/mol. The predicted molar refractivity (Wildman–Crippen MR) is 57.3 cm³/mol. The van der Waals surface area contributed by atoms with Crippen molar-refractivity contribution in [1.29, 1.82) is 0 Å². The number of hydrogen-bond donors (Lipinski definition) is 2. The van der Waals surface area contributed by atoms with Gasteiger partial charge >= 0.3 is 0 Å². The number of aliphatic hydroxyl groups is 1. The predicted octanol–water partition coefficient (Wildman–Crippen LogP) is 0.585. The van der Waals surface area contributed by atoms with E-state index in [4.69, 9.17) is 0 Å². The first-order chi connectivity index (χ1) is 6.73. The molecule has 14 heavy (non-hydrogen) atoms. The standard InChI is InChI=1S/C11H22N2O/c1-2-11(14)8-13(9-11)10-4-3-6-12-7-5-10/h10,12,14H,2-9H2,1H3. The van der Waals surface area contributed by atoms with Gasteiger partial charge in [0.25, 0.3) is 0 Å². The molecule has 2 aliphatic heterocycles. The van der Waals surface area contributed by atoms with E-state index in [-0.39, 0.29) is 5.60 Å². The summed E-state index contributed by atoms with van der Waals surface area (Å²) in [5.74, 6) is 0. The largest absolute Gasteiger partial charge is 0.387 e. The first-order valence-corrected chi connectivity index (χ1v) is 5.91. The molecule has 2 aliphatic rings. The second kappa shape index (κ2) is 4.17. The van der Waals surface area contributed by atoms with Gasteiger partial charge in [0.2, 0.25) is 0 Å². The van der Waals surface area contributed by atoms with Crippen LogP contribution in [0.1, 0.15) is 32.6 Å². The van der Waals surface area contributed by atoms with Gasteiger partial charge in [-0.1, -0.05) is 6.92 Å². The third-order valence-electron chi connectivity index (χ3n) is 3.71. The first-order valence-electron chi connectivity index (χ1n) is 5.91. The number of rotatable bonds is 2. The molecule has 2 fully saturated rings. The molecule has 0 radical (unpaired) electrons. The van der Waals surface area contributed by atoms with Crippen LogP contribution in [0.5, 0.6) is 0 Å².